The highest BCUT2D eigenvalue weighted by Crippen LogP contribution is 2.42. The molecular formula is C20H15F2NO4. The summed E-state index contributed by atoms with van der Waals surface area (Å²) in [5, 5.41) is 0. The molecule has 0 saturated heterocycles. The van der Waals surface area contributed by atoms with Crippen LogP contribution < -0.4 is 4.90 Å². The van der Waals surface area contributed by atoms with Crippen molar-refractivity contribution >= 4 is 34.6 Å². The summed E-state index contributed by atoms with van der Waals surface area (Å²) in [6.07, 6.45) is 0. The Morgan fingerprint density at radius 2 is 1.67 bits per heavy atom. The normalized spacial score (nSPS) is 14.9. The number of ketones is 1. The van der Waals surface area contributed by atoms with E-state index in [9.17, 15) is 23.2 Å². The summed E-state index contributed by atoms with van der Waals surface area (Å²) in [7, 11) is 1.17. The van der Waals surface area contributed by atoms with Crippen molar-refractivity contribution < 1.29 is 27.9 Å². The van der Waals surface area contributed by atoms with Gasteiger partial charge in [-0.3, -0.25) is 14.4 Å². The van der Waals surface area contributed by atoms with Crippen LogP contribution in [-0.4, -0.2) is 24.7 Å². The molecule has 3 rings (SSSR count). The van der Waals surface area contributed by atoms with Crippen molar-refractivity contribution in [3.05, 3.63) is 64.7 Å². The van der Waals surface area contributed by atoms with Gasteiger partial charge in [-0.1, -0.05) is 6.07 Å². The van der Waals surface area contributed by atoms with Gasteiger partial charge in [0.2, 0.25) is 5.91 Å². The second kappa shape index (κ2) is 6.75. The van der Waals surface area contributed by atoms with E-state index in [2.05, 4.69) is 0 Å². The monoisotopic (exact) mass is 371 g/mol. The molecule has 0 aromatic heterocycles. The number of fused-ring (bicyclic) bond motifs is 1. The zero-order valence-electron chi connectivity index (χ0n) is 14.8. The molecule has 0 fully saturated rings. The second-order valence-corrected chi connectivity index (χ2v) is 5.95. The molecule has 0 saturated carbocycles. The van der Waals surface area contributed by atoms with Gasteiger partial charge < -0.3 is 4.74 Å². The lowest BCUT2D eigenvalue weighted by molar-refractivity contribution is -0.122. The quantitative estimate of drug-likeness (QED) is 0.470. The van der Waals surface area contributed by atoms with Crippen LogP contribution in [0.25, 0.3) is 11.3 Å². The smallest absolute Gasteiger partial charge is 0.269 e. The van der Waals surface area contributed by atoms with Crippen molar-refractivity contribution in [2.75, 3.05) is 12.0 Å². The lowest BCUT2D eigenvalue weighted by Gasteiger charge is -2.13. The van der Waals surface area contributed by atoms with Crippen LogP contribution in [0.15, 0.2) is 36.4 Å². The van der Waals surface area contributed by atoms with Crippen LogP contribution in [0.4, 0.5) is 14.5 Å². The van der Waals surface area contributed by atoms with E-state index in [-0.39, 0.29) is 33.9 Å². The van der Waals surface area contributed by atoms with E-state index in [1.54, 1.807) is 0 Å². The predicted molar refractivity (Wildman–Crippen MR) is 94.8 cm³/mol. The Hall–Kier alpha value is -3.35. The summed E-state index contributed by atoms with van der Waals surface area (Å²) in [5.41, 5.74) is -0.00200. The van der Waals surface area contributed by atoms with Crippen molar-refractivity contribution in [1.29, 1.82) is 0 Å². The van der Waals surface area contributed by atoms with Gasteiger partial charge in [0, 0.05) is 18.1 Å². The molecule has 27 heavy (non-hydrogen) atoms. The number of anilines is 1. The van der Waals surface area contributed by atoms with Gasteiger partial charge in [0.05, 0.1) is 23.9 Å². The number of benzene rings is 2. The van der Waals surface area contributed by atoms with Gasteiger partial charge in [-0.25, -0.2) is 13.7 Å². The number of amides is 2. The number of rotatable bonds is 3. The summed E-state index contributed by atoms with van der Waals surface area (Å²) in [5.74, 6) is -3.80. The van der Waals surface area contributed by atoms with Gasteiger partial charge >= 0.3 is 0 Å². The maximum absolute atomic E-state index is 14.3. The third-order valence-corrected chi connectivity index (χ3v) is 4.27. The van der Waals surface area contributed by atoms with Crippen LogP contribution in [0.1, 0.15) is 35.3 Å². The standard InChI is InChI=1S/C20H15F2NO4/c1-10(24)12-7-8-16-13(9-12)17(20(26)23(16)11(2)25)19(27-3)18-14(21)5-4-6-15(18)22/h4-9H,1-3H3/b19-17-. The Labute approximate surface area is 153 Å². The molecule has 2 amide bonds. The van der Waals surface area contributed by atoms with E-state index >= 15 is 0 Å². The maximum atomic E-state index is 14.3. The largest absolute Gasteiger partial charge is 0.495 e. The van der Waals surface area contributed by atoms with Crippen molar-refractivity contribution in [1.82, 2.24) is 0 Å². The van der Waals surface area contributed by atoms with Crippen LogP contribution >= 0.6 is 0 Å². The molecule has 138 valence electrons. The molecule has 7 heteroatoms. The van der Waals surface area contributed by atoms with Gasteiger partial charge in [0.15, 0.2) is 5.78 Å². The molecule has 0 aliphatic carbocycles. The Kier molecular flexibility index (Phi) is 4.61. The average Bonchev–Trinajstić information content (AvgIpc) is 2.89. The molecule has 1 aliphatic rings. The molecule has 0 unspecified atom stereocenters. The zero-order chi connectivity index (χ0) is 19.9. The molecule has 0 bridgehead atoms. The van der Waals surface area contributed by atoms with Gasteiger partial charge in [-0.05, 0) is 37.3 Å². The number of hydrogen-bond acceptors (Lipinski definition) is 4. The molecule has 0 radical (unpaired) electrons. The summed E-state index contributed by atoms with van der Waals surface area (Å²) in [6, 6.07) is 7.59. The Bertz CT molecular complexity index is 1010. The van der Waals surface area contributed by atoms with Crippen molar-refractivity contribution in [3.8, 4) is 0 Å². The van der Waals surface area contributed by atoms with Crippen LogP contribution in [-0.2, 0) is 14.3 Å². The number of carbonyl (C=O) groups excluding carboxylic acids is 3. The fraction of sp³-hybridized carbons (Fsp3) is 0.150. The number of methoxy groups -OCH3 is 1. The topological polar surface area (TPSA) is 63.7 Å². The summed E-state index contributed by atoms with van der Waals surface area (Å²) in [4.78, 5) is 37.5. The number of halogens is 2. The SMILES string of the molecule is CO/C(=C1\C(=O)N(C(C)=O)c2ccc(C(C)=O)cc21)c1c(F)cccc1F. The van der Waals surface area contributed by atoms with E-state index in [0.29, 0.717) is 0 Å². The highest BCUT2D eigenvalue weighted by atomic mass is 19.1. The van der Waals surface area contributed by atoms with Gasteiger partial charge in [-0.15, -0.1) is 0 Å². The van der Waals surface area contributed by atoms with Gasteiger partial charge in [0.25, 0.3) is 5.91 Å². The number of nitrogens with zero attached hydrogens (tertiary/aromatic N) is 1. The minimum absolute atomic E-state index is 0.185. The van der Waals surface area contributed by atoms with E-state index in [1.165, 1.54) is 45.2 Å². The molecule has 0 atom stereocenters. The second-order valence-electron chi connectivity index (χ2n) is 5.95. The molecule has 2 aromatic rings. The number of hydrogen-bond donors (Lipinski definition) is 0. The summed E-state index contributed by atoms with van der Waals surface area (Å²) >= 11 is 0. The number of Topliss-reactive ketones (excluding diaryl/α,β-unsaturated/α-hetero) is 1. The zero-order valence-corrected chi connectivity index (χ0v) is 14.8. The van der Waals surface area contributed by atoms with Crippen LogP contribution in [0.5, 0.6) is 0 Å². The predicted octanol–water partition coefficient (Wildman–Crippen LogP) is 3.58. The highest BCUT2D eigenvalue weighted by Gasteiger charge is 2.39. The van der Waals surface area contributed by atoms with Crippen molar-refractivity contribution in [2.24, 2.45) is 0 Å². The van der Waals surface area contributed by atoms with Crippen LogP contribution in [0.2, 0.25) is 0 Å². The first kappa shape index (κ1) is 18.4. The lowest BCUT2D eigenvalue weighted by Crippen LogP contribution is -2.31. The summed E-state index contributed by atoms with van der Waals surface area (Å²) < 4.78 is 33.8. The fourth-order valence-electron chi connectivity index (χ4n) is 3.06. The fourth-order valence-corrected chi connectivity index (χ4v) is 3.06. The number of imide groups is 1. The summed E-state index contributed by atoms with van der Waals surface area (Å²) in [6.45, 7) is 2.54. The van der Waals surface area contributed by atoms with Crippen molar-refractivity contribution in [2.45, 2.75) is 13.8 Å². The Balaban J connectivity index is 2.40. The first-order valence-electron chi connectivity index (χ1n) is 8.01. The molecule has 0 spiro atoms. The Morgan fingerprint density at radius 1 is 1.04 bits per heavy atom. The molecule has 0 N–H and O–H groups in total. The van der Waals surface area contributed by atoms with Gasteiger partial charge in [-0.2, -0.15) is 0 Å². The molecule has 1 heterocycles. The van der Waals surface area contributed by atoms with Crippen molar-refractivity contribution in [3.63, 3.8) is 0 Å². The van der Waals surface area contributed by atoms with Gasteiger partial charge in [0.1, 0.15) is 17.4 Å². The number of ether oxygens (including phenoxy) is 1. The third kappa shape index (κ3) is 2.91. The molecular weight excluding hydrogens is 356 g/mol. The first-order valence-corrected chi connectivity index (χ1v) is 8.01. The van der Waals surface area contributed by atoms with E-state index < -0.39 is 29.0 Å². The Morgan fingerprint density at radius 3 is 2.19 bits per heavy atom. The molecule has 5 nitrogen and oxygen atoms in total. The average molecular weight is 371 g/mol. The van der Waals surface area contributed by atoms with E-state index in [1.807, 2.05) is 0 Å². The van der Waals surface area contributed by atoms with E-state index in [0.717, 1.165) is 17.0 Å². The lowest BCUT2D eigenvalue weighted by atomic mass is 9.98. The maximum Gasteiger partial charge on any atom is 0.269 e. The first-order chi connectivity index (χ1) is 12.8. The minimum Gasteiger partial charge on any atom is -0.495 e. The highest BCUT2D eigenvalue weighted by molar-refractivity contribution is 6.43. The number of carbonyl (C=O) groups is 3. The minimum atomic E-state index is -0.919. The third-order valence-electron chi connectivity index (χ3n) is 4.27. The molecule has 1 aliphatic heterocycles. The van der Waals surface area contributed by atoms with Crippen LogP contribution in [0, 0.1) is 11.6 Å². The van der Waals surface area contributed by atoms with E-state index in [4.69, 9.17) is 4.74 Å². The van der Waals surface area contributed by atoms with Crippen LogP contribution in [0.3, 0.4) is 0 Å². The molecule has 2 aromatic carbocycles.